The Morgan fingerprint density at radius 3 is 2.38 bits per heavy atom. The first-order valence-corrected chi connectivity index (χ1v) is 3.95. The number of hydrogen-bond acceptors (Lipinski definition) is 3. The molecule has 0 radical (unpaired) electrons. The Labute approximate surface area is 77.6 Å². The third-order valence-corrected chi connectivity index (χ3v) is 1.52. The lowest BCUT2D eigenvalue weighted by Gasteiger charge is -2.23. The van der Waals surface area contributed by atoms with E-state index in [1.807, 2.05) is 6.92 Å². The van der Waals surface area contributed by atoms with Gasteiger partial charge >= 0.3 is 6.03 Å². The van der Waals surface area contributed by atoms with Gasteiger partial charge in [0.1, 0.15) is 0 Å². The van der Waals surface area contributed by atoms with E-state index in [1.54, 1.807) is 14.1 Å². The van der Waals surface area contributed by atoms with Gasteiger partial charge in [-0.3, -0.25) is 0 Å². The van der Waals surface area contributed by atoms with E-state index < -0.39 is 0 Å². The van der Waals surface area contributed by atoms with E-state index >= 15 is 0 Å². The fourth-order valence-electron chi connectivity index (χ4n) is 0.825. The second kappa shape index (κ2) is 5.23. The van der Waals surface area contributed by atoms with Gasteiger partial charge in [0.05, 0.1) is 6.54 Å². The monoisotopic (exact) mass is 188 g/mol. The van der Waals surface area contributed by atoms with Crippen LogP contribution in [-0.4, -0.2) is 54.1 Å². The number of likely N-dealkylation sites (N-methyl/N-ethyl adjacent to an activating group) is 1. The molecule has 0 aliphatic heterocycles. The Kier molecular flexibility index (Phi) is 4.64. The van der Waals surface area contributed by atoms with Crippen molar-refractivity contribution in [1.82, 2.24) is 9.80 Å². The van der Waals surface area contributed by atoms with Crippen molar-refractivity contribution in [3.05, 3.63) is 0 Å². The molecule has 0 atom stereocenters. The Morgan fingerprint density at radius 2 is 2.08 bits per heavy atom. The largest absolute Gasteiger partial charge is 0.409 e. The summed E-state index contributed by atoms with van der Waals surface area (Å²) in [5.41, 5.74) is 5.27. The standard InChI is InChI=1S/C7H16N4O2/c1-4-11(5-6(8)9-13)7(12)10(2)3/h13H,4-5H2,1-3H3,(H2,8,9). The second-order valence-corrected chi connectivity index (χ2v) is 2.78. The van der Waals surface area contributed by atoms with E-state index in [0.29, 0.717) is 6.54 Å². The summed E-state index contributed by atoms with van der Waals surface area (Å²) in [4.78, 5) is 14.3. The molecule has 76 valence electrons. The first-order valence-electron chi connectivity index (χ1n) is 3.95. The SMILES string of the molecule is CCN(CC(N)=NO)C(=O)N(C)C. The summed E-state index contributed by atoms with van der Waals surface area (Å²) < 4.78 is 0. The van der Waals surface area contributed by atoms with Crippen LogP contribution in [0.15, 0.2) is 5.16 Å². The average molecular weight is 188 g/mol. The van der Waals surface area contributed by atoms with Crippen LogP contribution in [0.5, 0.6) is 0 Å². The summed E-state index contributed by atoms with van der Waals surface area (Å²) in [5.74, 6) is 0.0250. The van der Waals surface area contributed by atoms with Crippen LogP contribution >= 0.6 is 0 Å². The Morgan fingerprint density at radius 1 is 1.54 bits per heavy atom. The second-order valence-electron chi connectivity index (χ2n) is 2.78. The van der Waals surface area contributed by atoms with Gasteiger partial charge in [-0.15, -0.1) is 0 Å². The molecule has 3 N–H and O–H groups in total. The zero-order chi connectivity index (χ0) is 10.4. The van der Waals surface area contributed by atoms with Crippen LogP contribution in [0.25, 0.3) is 0 Å². The Bertz CT molecular complexity index is 203. The normalized spacial score (nSPS) is 11.2. The third-order valence-electron chi connectivity index (χ3n) is 1.52. The molecule has 0 heterocycles. The van der Waals surface area contributed by atoms with Gasteiger partial charge in [0.15, 0.2) is 5.84 Å². The van der Waals surface area contributed by atoms with Gasteiger partial charge in [0, 0.05) is 20.6 Å². The van der Waals surface area contributed by atoms with Gasteiger partial charge in [-0.1, -0.05) is 5.16 Å². The van der Waals surface area contributed by atoms with Crippen LogP contribution < -0.4 is 5.73 Å². The summed E-state index contributed by atoms with van der Waals surface area (Å²) in [6, 6.07) is -0.158. The highest BCUT2D eigenvalue weighted by atomic mass is 16.4. The first kappa shape index (κ1) is 11.5. The topological polar surface area (TPSA) is 82.2 Å². The maximum absolute atomic E-state index is 11.4. The zero-order valence-corrected chi connectivity index (χ0v) is 8.19. The maximum atomic E-state index is 11.4. The number of amides is 2. The fraction of sp³-hybridized carbons (Fsp3) is 0.714. The molecule has 0 aromatic carbocycles. The van der Waals surface area contributed by atoms with E-state index in [2.05, 4.69) is 5.16 Å². The number of nitrogens with two attached hydrogens (primary N) is 1. The predicted molar refractivity (Wildman–Crippen MR) is 49.7 cm³/mol. The molecule has 0 aromatic rings. The van der Waals surface area contributed by atoms with Gasteiger partial charge in [-0.25, -0.2) is 4.79 Å². The molecule has 0 saturated heterocycles. The summed E-state index contributed by atoms with van der Waals surface area (Å²) in [6.07, 6.45) is 0. The van der Waals surface area contributed by atoms with Crippen molar-refractivity contribution in [2.75, 3.05) is 27.2 Å². The lowest BCUT2D eigenvalue weighted by molar-refractivity contribution is 0.179. The number of nitrogens with zero attached hydrogens (tertiary/aromatic N) is 3. The minimum absolute atomic E-state index is 0.0250. The fourth-order valence-corrected chi connectivity index (χ4v) is 0.825. The molecule has 0 spiro atoms. The van der Waals surface area contributed by atoms with Crippen molar-refractivity contribution in [2.24, 2.45) is 10.9 Å². The number of urea groups is 1. The van der Waals surface area contributed by atoms with Gasteiger partial charge in [0.25, 0.3) is 0 Å². The minimum atomic E-state index is -0.158. The van der Waals surface area contributed by atoms with Crippen molar-refractivity contribution in [2.45, 2.75) is 6.92 Å². The highest BCUT2D eigenvalue weighted by Crippen LogP contribution is 1.93. The summed E-state index contributed by atoms with van der Waals surface area (Å²) in [6.45, 7) is 2.49. The van der Waals surface area contributed by atoms with Crippen LogP contribution in [0.4, 0.5) is 4.79 Å². The molecule has 0 aromatic heterocycles. The van der Waals surface area contributed by atoms with E-state index in [9.17, 15) is 4.79 Å². The van der Waals surface area contributed by atoms with Crippen LogP contribution in [0, 0.1) is 0 Å². The van der Waals surface area contributed by atoms with E-state index in [-0.39, 0.29) is 18.4 Å². The zero-order valence-electron chi connectivity index (χ0n) is 8.19. The van der Waals surface area contributed by atoms with E-state index in [0.717, 1.165) is 0 Å². The number of oxime groups is 1. The molecule has 6 heteroatoms. The van der Waals surface area contributed by atoms with E-state index in [1.165, 1.54) is 9.80 Å². The van der Waals surface area contributed by atoms with Crippen molar-refractivity contribution in [3.8, 4) is 0 Å². The number of rotatable bonds is 3. The Balaban J connectivity index is 4.26. The molecule has 0 bridgehead atoms. The number of hydrogen-bond donors (Lipinski definition) is 2. The smallest absolute Gasteiger partial charge is 0.319 e. The first-order chi connectivity index (χ1) is 6.02. The molecular formula is C7H16N4O2. The summed E-state index contributed by atoms with van der Waals surface area (Å²) in [5, 5.41) is 11.1. The highest BCUT2D eigenvalue weighted by Gasteiger charge is 2.14. The number of carbonyl (C=O) groups is 1. The molecule has 2 amide bonds. The van der Waals surface area contributed by atoms with Gasteiger partial charge in [-0.05, 0) is 6.92 Å². The number of amidine groups is 1. The molecule has 0 saturated carbocycles. The lowest BCUT2D eigenvalue weighted by Crippen LogP contribution is -2.43. The minimum Gasteiger partial charge on any atom is -0.409 e. The lowest BCUT2D eigenvalue weighted by atomic mass is 10.5. The van der Waals surface area contributed by atoms with Crippen LogP contribution in [0.1, 0.15) is 6.92 Å². The summed E-state index contributed by atoms with van der Waals surface area (Å²) >= 11 is 0. The highest BCUT2D eigenvalue weighted by molar-refractivity contribution is 5.86. The van der Waals surface area contributed by atoms with Crippen LogP contribution in [0.3, 0.4) is 0 Å². The van der Waals surface area contributed by atoms with Crippen molar-refractivity contribution in [1.29, 1.82) is 0 Å². The van der Waals surface area contributed by atoms with Gasteiger partial charge in [-0.2, -0.15) is 0 Å². The molecule has 13 heavy (non-hydrogen) atoms. The molecule has 0 fully saturated rings. The van der Waals surface area contributed by atoms with Gasteiger partial charge < -0.3 is 20.7 Å². The Hall–Kier alpha value is -1.46. The third kappa shape index (κ3) is 3.64. The van der Waals surface area contributed by atoms with Crippen molar-refractivity contribution in [3.63, 3.8) is 0 Å². The molecule has 6 nitrogen and oxygen atoms in total. The average Bonchev–Trinajstić information content (AvgIpc) is 2.12. The predicted octanol–water partition coefficient (Wildman–Crippen LogP) is -0.264. The quantitative estimate of drug-likeness (QED) is 0.277. The van der Waals surface area contributed by atoms with Crippen molar-refractivity contribution < 1.29 is 10.0 Å². The maximum Gasteiger partial charge on any atom is 0.319 e. The van der Waals surface area contributed by atoms with Gasteiger partial charge in [0.2, 0.25) is 0 Å². The molecule has 0 rings (SSSR count). The summed E-state index contributed by atoms with van der Waals surface area (Å²) in [7, 11) is 3.30. The molecule has 0 unspecified atom stereocenters. The molecule has 0 aliphatic carbocycles. The molecular weight excluding hydrogens is 172 g/mol. The molecule has 0 aliphatic rings. The van der Waals surface area contributed by atoms with E-state index in [4.69, 9.17) is 10.9 Å². The van der Waals surface area contributed by atoms with Crippen LogP contribution in [-0.2, 0) is 0 Å². The van der Waals surface area contributed by atoms with Crippen molar-refractivity contribution >= 4 is 11.9 Å². The van der Waals surface area contributed by atoms with Crippen LogP contribution in [0.2, 0.25) is 0 Å². The number of carbonyl (C=O) groups excluding carboxylic acids is 1.